The summed E-state index contributed by atoms with van der Waals surface area (Å²) < 4.78 is 0. The Morgan fingerprint density at radius 1 is 1.20 bits per heavy atom. The highest BCUT2D eigenvalue weighted by molar-refractivity contribution is 6.33. The maximum Gasteiger partial charge on any atom is 0.139 e. The molecular weight excluding hydrogens is 119 g/mol. The van der Waals surface area contributed by atoms with Crippen LogP contribution in [0.2, 0.25) is 0 Å². The van der Waals surface area contributed by atoms with Gasteiger partial charge in [-0.1, -0.05) is 35.3 Å². The summed E-state index contributed by atoms with van der Waals surface area (Å²) in [5, 5.41) is 0. The zero-order valence-corrected chi connectivity index (χ0v) is 6.30. The van der Waals surface area contributed by atoms with Gasteiger partial charge in [-0.15, -0.1) is 0 Å². The molecule has 1 aliphatic carbocycles. The van der Waals surface area contributed by atoms with E-state index in [2.05, 4.69) is 32.1 Å². The van der Waals surface area contributed by atoms with Gasteiger partial charge in [-0.2, -0.15) is 0 Å². The predicted octanol–water partition coefficient (Wildman–Crippen LogP) is 0.822. The largest absolute Gasteiger partial charge is 0.139 e. The van der Waals surface area contributed by atoms with Gasteiger partial charge < -0.3 is 0 Å². The summed E-state index contributed by atoms with van der Waals surface area (Å²) >= 11 is 0. The Hall–Kier alpha value is -0.715. The second-order valence-corrected chi connectivity index (χ2v) is 3.13. The van der Waals surface area contributed by atoms with Gasteiger partial charge in [0.2, 0.25) is 0 Å². The summed E-state index contributed by atoms with van der Waals surface area (Å²) in [5.41, 5.74) is 3.03. The smallest absolute Gasteiger partial charge is 0.0855 e. The van der Waals surface area contributed by atoms with Crippen LogP contribution in [0, 0.1) is 0 Å². The Morgan fingerprint density at radius 3 is 2.50 bits per heavy atom. The molecule has 0 saturated heterocycles. The number of hydrogen-bond acceptors (Lipinski definition) is 0. The lowest BCUT2D eigenvalue weighted by Crippen LogP contribution is -2.07. The van der Waals surface area contributed by atoms with E-state index in [4.69, 9.17) is 0 Å². The van der Waals surface area contributed by atoms with Crippen LogP contribution in [0.4, 0.5) is 0 Å². The third-order valence-corrected chi connectivity index (χ3v) is 2.21. The van der Waals surface area contributed by atoms with E-state index in [0.29, 0.717) is 0 Å². The molecule has 1 heteroatoms. The first kappa shape index (κ1) is 6.02. The van der Waals surface area contributed by atoms with Crippen molar-refractivity contribution in [1.29, 1.82) is 0 Å². The minimum atomic E-state index is 0.904. The van der Waals surface area contributed by atoms with Crippen molar-refractivity contribution < 1.29 is 0 Å². The fourth-order valence-electron chi connectivity index (χ4n) is 1.44. The van der Waals surface area contributed by atoms with E-state index in [1.165, 1.54) is 18.3 Å². The van der Waals surface area contributed by atoms with Crippen LogP contribution in [0.1, 0.15) is 24.3 Å². The van der Waals surface area contributed by atoms with Gasteiger partial charge in [-0.3, -0.25) is 0 Å². The molecule has 1 saturated carbocycles. The molecule has 0 bridgehead atoms. The highest BCUT2D eigenvalue weighted by Crippen LogP contribution is 2.38. The molecule has 0 aromatic heterocycles. The highest BCUT2D eigenvalue weighted by atomic mass is 14.3. The Balaban J connectivity index is 2.39. The van der Waals surface area contributed by atoms with Gasteiger partial charge in [-0.25, -0.2) is 0 Å². The third-order valence-electron chi connectivity index (χ3n) is 2.21. The lowest BCUT2D eigenvalue weighted by Gasteiger charge is -2.00. The quantitative estimate of drug-likeness (QED) is 0.493. The van der Waals surface area contributed by atoms with Gasteiger partial charge in [0.15, 0.2) is 0 Å². The molecule has 0 atom stereocenters. The van der Waals surface area contributed by atoms with E-state index in [0.717, 1.165) is 5.92 Å². The Morgan fingerprint density at radius 2 is 1.90 bits per heavy atom. The summed E-state index contributed by atoms with van der Waals surface area (Å²) in [7, 11) is 2.20. The molecule has 50 valence electrons. The van der Waals surface area contributed by atoms with E-state index in [1.54, 1.807) is 5.56 Å². The number of rotatable bonds is 1. The SMILES string of the molecule is Bc1ccccc1C1CC1. The molecule has 10 heavy (non-hydrogen) atoms. The summed E-state index contributed by atoms with van der Waals surface area (Å²) in [6.45, 7) is 0. The molecule has 0 N–H and O–H groups in total. The van der Waals surface area contributed by atoms with Gasteiger partial charge in [0.25, 0.3) is 0 Å². The van der Waals surface area contributed by atoms with E-state index < -0.39 is 0 Å². The molecular formula is C9H11B. The van der Waals surface area contributed by atoms with Crippen LogP contribution < -0.4 is 5.46 Å². The normalized spacial score (nSPS) is 17.2. The van der Waals surface area contributed by atoms with Crippen LogP contribution in [-0.4, -0.2) is 7.85 Å². The maximum atomic E-state index is 2.26. The van der Waals surface area contributed by atoms with E-state index in [1.807, 2.05) is 0 Å². The van der Waals surface area contributed by atoms with Crippen molar-refractivity contribution in [2.75, 3.05) is 0 Å². The van der Waals surface area contributed by atoms with Crippen molar-refractivity contribution in [3.8, 4) is 0 Å². The van der Waals surface area contributed by atoms with Crippen LogP contribution in [-0.2, 0) is 0 Å². The van der Waals surface area contributed by atoms with E-state index in [9.17, 15) is 0 Å². The van der Waals surface area contributed by atoms with Gasteiger partial charge in [0, 0.05) is 0 Å². The minimum Gasteiger partial charge on any atom is -0.0855 e. The monoisotopic (exact) mass is 130 g/mol. The fraction of sp³-hybridized carbons (Fsp3) is 0.333. The zero-order chi connectivity index (χ0) is 6.97. The Bertz CT molecular complexity index is 238. The van der Waals surface area contributed by atoms with Gasteiger partial charge in [-0.05, 0) is 18.8 Å². The van der Waals surface area contributed by atoms with Crippen molar-refractivity contribution in [2.24, 2.45) is 0 Å². The Labute approximate surface area is 62.7 Å². The topological polar surface area (TPSA) is 0 Å². The average molecular weight is 130 g/mol. The number of benzene rings is 1. The molecule has 0 radical (unpaired) electrons. The number of hydrogen-bond donors (Lipinski definition) is 0. The molecule has 0 aliphatic heterocycles. The van der Waals surface area contributed by atoms with Crippen molar-refractivity contribution in [1.82, 2.24) is 0 Å². The van der Waals surface area contributed by atoms with Crippen LogP contribution in [0.15, 0.2) is 24.3 Å². The molecule has 2 rings (SSSR count). The standard InChI is InChI=1S/C9H11B/c10-9-4-2-1-3-8(9)7-5-6-7/h1-4,7H,5-6,10H2. The lowest BCUT2D eigenvalue weighted by molar-refractivity contribution is 1.15. The summed E-state index contributed by atoms with van der Waals surface area (Å²) in [6.07, 6.45) is 2.82. The van der Waals surface area contributed by atoms with E-state index in [-0.39, 0.29) is 0 Å². The summed E-state index contributed by atoms with van der Waals surface area (Å²) in [5.74, 6) is 0.904. The minimum absolute atomic E-state index is 0.904. The second-order valence-electron chi connectivity index (χ2n) is 3.13. The highest BCUT2D eigenvalue weighted by Gasteiger charge is 2.23. The van der Waals surface area contributed by atoms with Crippen molar-refractivity contribution >= 4 is 13.3 Å². The molecule has 1 fully saturated rings. The first-order valence-corrected chi connectivity index (χ1v) is 3.93. The van der Waals surface area contributed by atoms with Crippen molar-refractivity contribution in [3.05, 3.63) is 29.8 Å². The lowest BCUT2D eigenvalue weighted by atomic mass is 9.88. The van der Waals surface area contributed by atoms with Crippen LogP contribution in [0.25, 0.3) is 0 Å². The fourth-order valence-corrected chi connectivity index (χ4v) is 1.44. The first-order valence-electron chi connectivity index (χ1n) is 3.93. The zero-order valence-electron chi connectivity index (χ0n) is 6.30. The predicted molar refractivity (Wildman–Crippen MR) is 46.6 cm³/mol. The van der Waals surface area contributed by atoms with Crippen LogP contribution in [0.5, 0.6) is 0 Å². The molecule has 0 nitrogen and oxygen atoms in total. The molecule has 1 aromatic rings. The molecule has 0 heterocycles. The van der Waals surface area contributed by atoms with Crippen molar-refractivity contribution in [3.63, 3.8) is 0 Å². The molecule has 1 aliphatic rings. The third kappa shape index (κ3) is 0.963. The van der Waals surface area contributed by atoms with Crippen LogP contribution >= 0.6 is 0 Å². The summed E-state index contributed by atoms with van der Waals surface area (Å²) in [4.78, 5) is 0. The van der Waals surface area contributed by atoms with Gasteiger partial charge in [0.1, 0.15) is 7.85 Å². The maximum absolute atomic E-state index is 2.26. The van der Waals surface area contributed by atoms with Crippen molar-refractivity contribution in [2.45, 2.75) is 18.8 Å². The first-order chi connectivity index (χ1) is 4.88. The second kappa shape index (κ2) is 2.15. The average Bonchev–Trinajstić information content (AvgIpc) is 2.71. The molecule has 0 spiro atoms. The van der Waals surface area contributed by atoms with Gasteiger partial charge >= 0.3 is 0 Å². The van der Waals surface area contributed by atoms with Crippen LogP contribution in [0.3, 0.4) is 0 Å². The summed E-state index contributed by atoms with van der Waals surface area (Å²) in [6, 6.07) is 8.71. The molecule has 0 unspecified atom stereocenters. The molecule has 0 amide bonds. The molecule has 1 aromatic carbocycles. The van der Waals surface area contributed by atoms with E-state index >= 15 is 0 Å². The van der Waals surface area contributed by atoms with Gasteiger partial charge in [0.05, 0.1) is 0 Å². The Kier molecular flexibility index (Phi) is 1.30.